The molecule has 4 heteroatoms. The third-order valence-electron chi connectivity index (χ3n) is 3.94. The van der Waals surface area contributed by atoms with E-state index in [-0.39, 0.29) is 17.4 Å². The highest BCUT2D eigenvalue weighted by molar-refractivity contribution is 5.86. The van der Waals surface area contributed by atoms with Crippen LogP contribution in [0, 0.1) is 5.41 Å². The monoisotopic (exact) mass is 199 g/mol. The first-order chi connectivity index (χ1) is 6.49. The normalized spacial score (nSPS) is 41.9. The first kappa shape index (κ1) is 8.65. The Morgan fingerprint density at radius 2 is 2.14 bits per heavy atom. The van der Waals surface area contributed by atoms with Gasteiger partial charge in [-0.3, -0.25) is 4.79 Å². The minimum Gasteiger partial charge on any atom is -0.354 e. The molecule has 2 saturated heterocycles. The van der Waals surface area contributed by atoms with E-state index in [1.54, 1.807) is 4.90 Å². The number of carbonyl (C=O) groups excluding carboxylic acids is 1. The fourth-order valence-electron chi connectivity index (χ4n) is 2.91. The van der Waals surface area contributed by atoms with Crippen LogP contribution in [0.3, 0.4) is 0 Å². The molecular formula is C10H14FNO2. The minimum absolute atomic E-state index is 0.0139. The maximum Gasteiger partial charge on any atom is 0.260 e. The molecule has 78 valence electrons. The first-order valence-electron chi connectivity index (χ1n) is 5.10. The van der Waals surface area contributed by atoms with Gasteiger partial charge in [0.1, 0.15) is 5.72 Å². The highest BCUT2D eigenvalue weighted by atomic mass is 19.1. The van der Waals surface area contributed by atoms with Gasteiger partial charge in [-0.1, -0.05) is 0 Å². The van der Waals surface area contributed by atoms with E-state index >= 15 is 0 Å². The number of nitrogens with zero attached hydrogens (tertiary/aromatic N) is 1. The van der Waals surface area contributed by atoms with E-state index in [9.17, 15) is 9.18 Å². The number of fused-ring (bicyclic) bond motifs is 2. The summed E-state index contributed by atoms with van der Waals surface area (Å²) in [7, 11) is 0. The van der Waals surface area contributed by atoms with E-state index in [2.05, 4.69) is 0 Å². The summed E-state index contributed by atoms with van der Waals surface area (Å²) in [6.45, 7) is 4.16. The van der Waals surface area contributed by atoms with Crippen molar-refractivity contribution in [2.24, 2.45) is 5.41 Å². The van der Waals surface area contributed by atoms with Crippen molar-refractivity contribution in [1.82, 2.24) is 4.90 Å². The van der Waals surface area contributed by atoms with Crippen LogP contribution in [0.5, 0.6) is 0 Å². The van der Waals surface area contributed by atoms with E-state index in [1.807, 2.05) is 13.8 Å². The number of hydrogen-bond donors (Lipinski definition) is 0. The van der Waals surface area contributed by atoms with E-state index in [1.165, 1.54) is 0 Å². The van der Waals surface area contributed by atoms with Crippen LogP contribution in [-0.2, 0) is 9.53 Å². The van der Waals surface area contributed by atoms with Gasteiger partial charge in [0, 0.05) is 5.41 Å². The van der Waals surface area contributed by atoms with Gasteiger partial charge in [0.2, 0.25) is 0 Å². The summed E-state index contributed by atoms with van der Waals surface area (Å²) in [4.78, 5) is 13.3. The number of hydrogen-bond acceptors (Lipinski definition) is 2. The fourth-order valence-corrected chi connectivity index (χ4v) is 2.91. The molecule has 0 N–H and O–H groups in total. The SMILES string of the molecule is CC1(C)OCC2N1C(=O)C(F)C21CC1. The lowest BCUT2D eigenvalue weighted by molar-refractivity contribution is -0.145. The quantitative estimate of drug-likeness (QED) is 0.584. The van der Waals surface area contributed by atoms with Crippen molar-refractivity contribution >= 4 is 5.91 Å². The fraction of sp³-hybridized carbons (Fsp3) is 0.900. The molecule has 0 aromatic rings. The minimum atomic E-state index is -1.28. The van der Waals surface area contributed by atoms with Crippen LogP contribution < -0.4 is 0 Å². The second-order valence-electron chi connectivity index (χ2n) is 5.08. The summed E-state index contributed by atoms with van der Waals surface area (Å²) >= 11 is 0. The molecule has 1 amide bonds. The summed E-state index contributed by atoms with van der Waals surface area (Å²) in [5.74, 6) is -0.366. The van der Waals surface area contributed by atoms with Gasteiger partial charge in [0.25, 0.3) is 5.91 Å². The van der Waals surface area contributed by atoms with Crippen LogP contribution >= 0.6 is 0 Å². The maximum absolute atomic E-state index is 13.8. The largest absolute Gasteiger partial charge is 0.354 e. The Labute approximate surface area is 82.2 Å². The van der Waals surface area contributed by atoms with Gasteiger partial charge >= 0.3 is 0 Å². The molecule has 2 atom stereocenters. The Hall–Kier alpha value is -0.640. The van der Waals surface area contributed by atoms with Gasteiger partial charge in [0.05, 0.1) is 12.6 Å². The molecule has 3 nitrogen and oxygen atoms in total. The average molecular weight is 199 g/mol. The molecular weight excluding hydrogens is 185 g/mol. The molecule has 2 heterocycles. The summed E-state index contributed by atoms with van der Waals surface area (Å²) in [5, 5.41) is 0. The van der Waals surface area contributed by atoms with Gasteiger partial charge in [-0.2, -0.15) is 0 Å². The number of halogens is 1. The molecule has 2 aliphatic heterocycles. The zero-order chi connectivity index (χ0) is 10.1. The predicted molar refractivity (Wildman–Crippen MR) is 47.2 cm³/mol. The molecule has 0 bridgehead atoms. The summed E-state index contributed by atoms with van der Waals surface area (Å²) < 4.78 is 19.3. The van der Waals surface area contributed by atoms with Crippen LogP contribution in [0.2, 0.25) is 0 Å². The van der Waals surface area contributed by atoms with Crippen LogP contribution in [0.4, 0.5) is 4.39 Å². The maximum atomic E-state index is 13.8. The lowest BCUT2D eigenvalue weighted by Gasteiger charge is -2.29. The predicted octanol–water partition coefficient (Wildman–Crippen LogP) is 1.08. The van der Waals surface area contributed by atoms with Gasteiger partial charge in [0.15, 0.2) is 6.17 Å². The van der Waals surface area contributed by atoms with Crippen molar-refractivity contribution in [3.05, 3.63) is 0 Å². The Morgan fingerprint density at radius 1 is 1.50 bits per heavy atom. The summed E-state index contributed by atoms with van der Waals surface area (Å²) in [5.41, 5.74) is -0.997. The molecule has 3 aliphatic rings. The van der Waals surface area contributed by atoms with E-state index < -0.39 is 11.9 Å². The topological polar surface area (TPSA) is 29.5 Å². The second kappa shape index (κ2) is 2.13. The lowest BCUT2D eigenvalue weighted by atomic mass is 9.96. The highest BCUT2D eigenvalue weighted by Gasteiger charge is 2.70. The van der Waals surface area contributed by atoms with E-state index in [0.29, 0.717) is 6.61 Å². The van der Waals surface area contributed by atoms with Gasteiger partial charge < -0.3 is 9.64 Å². The smallest absolute Gasteiger partial charge is 0.260 e. The van der Waals surface area contributed by atoms with Crippen LogP contribution in [0.1, 0.15) is 26.7 Å². The Balaban J connectivity index is 2.03. The molecule has 1 aliphatic carbocycles. The van der Waals surface area contributed by atoms with Crippen molar-refractivity contribution in [3.8, 4) is 0 Å². The molecule has 14 heavy (non-hydrogen) atoms. The Bertz CT molecular complexity index is 311. The third kappa shape index (κ3) is 0.749. The third-order valence-corrected chi connectivity index (χ3v) is 3.94. The average Bonchev–Trinajstić information content (AvgIpc) is 2.80. The highest BCUT2D eigenvalue weighted by Crippen LogP contribution is 2.61. The van der Waals surface area contributed by atoms with E-state index in [0.717, 1.165) is 12.8 Å². The van der Waals surface area contributed by atoms with Crippen LogP contribution in [0.25, 0.3) is 0 Å². The summed E-state index contributed by atoms with van der Waals surface area (Å²) in [6, 6.07) is -0.0139. The van der Waals surface area contributed by atoms with Gasteiger partial charge in [-0.05, 0) is 26.7 Å². The Morgan fingerprint density at radius 3 is 2.71 bits per heavy atom. The standard InChI is InChI=1S/C10H14FNO2/c1-9(2)12-6(5-14-9)10(3-4-10)7(11)8(12)13/h6-7H,3-5H2,1-2H3. The van der Waals surface area contributed by atoms with Crippen molar-refractivity contribution in [3.63, 3.8) is 0 Å². The molecule has 1 saturated carbocycles. The van der Waals surface area contributed by atoms with Crippen molar-refractivity contribution in [1.29, 1.82) is 0 Å². The van der Waals surface area contributed by atoms with E-state index in [4.69, 9.17) is 4.74 Å². The Kier molecular flexibility index (Phi) is 1.32. The zero-order valence-corrected chi connectivity index (χ0v) is 8.42. The molecule has 1 spiro atoms. The number of amides is 1. The lowest BCUT2D eigenvalue weighted by Crippen LogP contribution is -2.44. The van der Waals surface area contributed by atoms with Crippen molar-refractivity contribution < 1.29 is 13.9 Å². The van der Waals surface area contributed by atoms with Crippen molar-refractivity contribution in [2.45, 2.75) is 44.6 Å². The van der Waals surface area contributed by atoms with Crippen LogP contribution in [0.15, 0.2) is 0 Å². The van der Waals surface area contributed by atoms with Crippen molar-refractivity contribution in [2.75, 3.05) is 6.61 Å². The number of rotatable bonds is 0. The number of ether oxygens (including phenoxy) is 1. The molecule has 2 unspecified atom stereocenters. The molecule has 3 rings (SSSR count). The number of carbonyl (C=O) groups is 1. The second-order valence-corrected chi connectivity index (χ2v) is 5.08. The molecule has 0 radical (unpaired) electrons. The first-order valence-corrected chi connectivity index (χ1v) is 5.10. The zero-order valence-electron chi connectivity index (χ0n) is 8.42. The molecule has 0 aromatic carbocycles. The summed E-state index contributed by atoms with van der Waals surface area (Å²) in [6.07, 6.45) is 0.386. The molecule has 3 fully saturated rings. The van der Waals surface area contributed by atoms with Crippen LogP contribution in [-0.4, -0.2) is 35.4 Å². The van der Waals surface area contributed by atoms with Gasteiger partial charge in [-0.15, -0.1) is 0 Å². The van der Waals surface area contributed by atoms with Gasteiger partial charge in [-0.25, -0.2) is 4.39 Å². The number of alkyl halides is 1. The molecule has 0 aromatic heterocycles.